The fraction of sp³-hybridized carbons (Fsp3) is 0.846. The van der Waals surface area contributed by atoms with Gasteiger partial charge in [0.15, 0.2) is 0 Å². The highest BCUT2D eigenvalue weighted by Crippen LogP contribution is 2.67. The molecule has 0 aromatic rings. The Bertz CT molecular complexity index is 332. The maximum atomic E-state index is 5.91. The third-order valence-corrected chi connectivity index (χ3v) is 8.41. The Morgan fingerprint density at radius 2 is 1.53 bits per heavy atom. The molecule has 0 saturated carbocycles. The molecule has 114 valence electrons. The molecule has 0 rings (SSSR count). The van der Waals surface area contributed by atoms with Crippen LogP contribution in [0.4, 0.5) is 0 Å². The van der Waals surface area contributed by atoms with E-state index >= 15 is 0 Å². The highest BCUT2D eigenvalue weighted by atomic mass is 32.9. The summed E-state index contributed by atoms with van der Waals surface area (Å²) in [6.45, 7) is 16.6. The van der Waals surface area contributed by atoms with Crippen molar-refractivity contribution in [1.82, 2.24) is 0 Å². The molecule has 19 heavy (non-hydrogen) atoms. The van der Waals surface area contributed by atoms with Crippen LogP contribution in [0.25, 0.3) is 0 Å². The topological polar surface area (TPSA) is 18.5 Å². The van der Waals surface area contributed by atoms with Gasteiger partial charge >= 0.3 is 0 Å². The highest BCUT2D eigenvalue weighted by molar-refractivity contribution is 8.71. The first kappa shape index (κ1) is 20.0. The first-order valence-electron chi connectivity index (χ1n) is 6.49. The fourth-order valence-electron chi connectivity index (χ4n) is 1.13. The van der Waals surface area contributed by atoms with Crippen LogP contribution in [0.5, 0.6) is 0 Å². The summed E-state index contributed by atoms with van der Waals surface area (Å²) in [5.74, 6) is 0. The van der Waals surface area contributed by atoms with Crippen molar-refractivity contribution >= 4 is 40.6 Å². The summed E-state index contributed by atoms with van der Waals surface area (Å²) in [5.41, 5.74) is -2.33. The van der Waals surface area contributed by atoms with Crippen molar-refractivity contribution in [1.29, 1.82) is 0 Å². The molecule has 0 spiro atoms. The van der Waals surface area contributed by atoms with Crippen LogP contribution < -0.4 is 0 Å². The summed E-state index contributed by atoms with van der Waals surface area (Å²) < 4.78 is 13.2. The lowest BCUT2D eigenvalue weighted by molar-refractivity contribution is 0.186. The van der Waals surface area contributed by atoms with E-state index in [4.69, 9.17) is 20.9 Å². The Hall–Kier alpha value is 1.01. The smallest absolute Gasteiger partial charge is 0.253 e. The van der Waals surface area contributed by atoms with E-state index in [-0.39, 0.29) is 17.0 Å². The Morgan fingerprint density at radius 3 is 1.79 bits per heavy atom. The van der Waals surface area contributed by atoms with Crippen LogP contribution in [0.15, 0.2) is 10.3 Å². The van der Waals surface area contributed by atoms with Gasteiger partial charge < -0.3 is 9.05 Å². The maximum Gasteiger partial charge on any atom is 0.253 e. The Balaban J connectivity index is 4.94. The number of allylic oxidation sites excluding steroid dienone is 1. The van der Waals surface area contributed by atoms with E-state index in [1.807, 2.05) is 46.4 Å². The molecule has 0 aliphatic carbocycles. The van der Waals surface area contributed by atoms with Crippen LogP contribution in [0, 0.1) is 0 Å². The molecule has 0 atom stereocenters. The van der Waals surface area contributed by atoms with E-state index in [0.29, 0.717) is 0 Å². The third kappa shape index (κ3) is 10.4. The molecule has 0 fully saturated rings. The van der Waals surface area contributed by atoms with E-state index < -0.39 is 5.69 Å². The van der Waals surface area contributed by atoms with Crippen LogP contribution in [0.3, 0.4) is 0 Å². The molecule has 0 saturated heterocycles. The molecule has 0 unspecified atom stereocenters. The van der Waals surface area contributed by atoms with Crippen LogP contribution >= 0.6 is 28.8 Å². The monoisotopic (exact) mass is 342 g/mol. The molecule has 0 amide bonds. The highest BCUT2D eigenvalue weighted by Gasteiger charge is 2.27. The zero-order valence-electron chi connectivity index (χ0n) is 13.2. The molecule has 0 aliphatic rings. The quantitative estimate of drug-likeness (QED) is 0.512. The normalized spacial score (nSPS) is 14.5. The largest absolute Gasteiger partial charge is 0.319 e. The molecular formula is C13H27O2PS3. The van der Waals surface area contributed by atoms with Crippen molar-refractivity contribution in [3.05, 3.63) is 10.3 Å². The maximum absolute atomic E-state index is 5.91. The molecule has 0 aromatic heterocycles. The number of thioether (sulfide) groups is 1. The van der Waals surface area contributed by atoms with Crippen LogP contribution in [0.2, 0.25) is 0 Å². The first-order chi connectivity index (χ1) is 8.47. The van der Waals surface area contributed by atoms with Crippen molar-refractivity contribution in [2.45, 2.75) is 72.3 Å². The Morgan fingerprint density at radius 1 is 1.11 bits per heavy atom. The van der Waals surface area contributed by atoms with Gasteiger partial charge in [-0.2, -0.15) is 0 Å². The SMILES string of the molecule is C/C=C(/SC(C)(C)C)SP(=S)(OC(C)C)OC(C)C. The number of hydrogen-bond donors (Lipinski definition) is 0. The number of hydrogen-bond acceptors (Lipinski definition) is 5. The van der Waals surface area contributed by atoms with Crippen molar-refractivity contribution in [2.75, 3.05) is 0 Å². The second-order valence-electron chi connectivity index (χ2n) is 5.67. The zero-order valence-corrected chi connectivity index (χ0v) is 16.6. The average Bonchev–Trinajstić information content (AvgIpc) is 2.10. The summed E-state index contributed by atoms with van der Waals surface area (Å²) in [4.78, 5) is 0. The van der Waals surface area contributed by atoms with Crippen molar-refractivity contribution in [3.63, 3.8) is 0 Å². The third-order valence-electron chi connectivity index (χ3n) is 1.52. The van der Waals surface area contributed by atoms with Crippen molar-refractivity contribution in [3.8, 4) is 0 Å². The van der Waals surface area contributed by atoms with Gasteiger partial charge in [0.25, 0.3) is 5.69 Å². The second-order valence-corrected chi connectivity index (χ2v) is 13.9. The van der Waals surface area contributed by atoms with Gasteiger partial charge in [-0.1, -0.05) is 26.8 Å². The predicted molar refractivity (Wildman–Crippen MR) is 95.4 cm³/mol. The Labute approximate surface area is 132 Å². The standard InChI is InChI=1S/C13H27O2PS3/c1-9-12(18-13(6,7)8)19-16(17,14-10(2)3)15-11(4)5/h9-11H,1-8H3/b12-9-. The summed E-state index contributed by atoms with van der Waals surface area (Å²) in [6, 6.07) is 0. The molecule has 2 nitrogen and oxygen atoms in total. The molecule has 0 N–H and O–H groups in total. The van der Waals surface area contributed by atoms with Crippen LogP contribution in [-0.4, -0.2) is 17.0 Å². The summed E-state index contributed by atoms with van der Waals surface area (Å²) in [7, 11) is 0. The van der Waals surface area contributed by atoms with E-state index in [1.165, 1.54) is 4.24 Å². The van der Waals surface area contributed by atoms with Gasteiger partial charge in [0, 0.05) is 8.98 Å². The van der Waals surface area contributed by atoms with Gasteiger partial charge in [-0.15, -0.1) is 11.8 Å². The average molecular weight is 343 g/mol. The first-order valence-corrected chi connectivity index (χ1v) is 11.4. The second kappa shape index (κ2) is 8.45. The Kier molecular flexibility index (Phi) is 8.90. The van der Waals surface area contributed by atoms with Gasteiger partial charge in [0.1, 0.15) is 0 Å². The van der Waals surface area contributed by atoms with Crippen molar-refractivity contribution < 1.29 is 9.05 Å². The molecule has 0 heterocycles. The molecule has 0 aromatic carbocycles. The minimum Gasteiger partial charge on any atom is -0.319 e. The molecule has 0 aliphatic heterocycles. The lowest BCUT2D eigenvalue weighted by Gasteiger charge is -2.28. The molecule has 6 heteroatoms. The van der Waals surface area contributed by atoms with Gasteiger partial charge in [0.2, 0.25) is 0 Å². The minimum atomic E-state index is -2.33. The van der Waals surface area contributed by atoms with E-state index in [1.54, 1.807) is 11.4 Å². The number of rotatable bonds is 7. The van der Waals surface area contributed by atoms with Crippen LogP contribution in [-0.2, 0) is 20.9 Å². The summed E-state index contributed by atoms with van der Waals surface area (Å²) in [5, 5.41) is 0. The van der Waals surface area contributed by atoms with E-state index in [0.717, 1.165) is 0 Å². The van der Waals surface area contributed by atoms with Gasteiger partial charge in [-0.25, -0.2) is 0 Å². The molecule has 0 bridgehead atoms. The summed E-state index contributed by atoms with van der Waals surface area (Å²) in [6.07, 6.45) is 2.25. The molecular weight excluding hydrogens is 315 g/mol. The van der Waals surface area contributed by atoms with E-state index in [2.05, 4.69) is 26.8 Å². The lowest BCUT2D eigenvalue weighted by Crippen LogP contribution is -2.08. The van der Waals surface area contributed by atoms with Crippen molar-refractivity contribution in [2.24, 2.45) is 0 Å². The minimum absolute atomic E-state index is 0.0785. The van der Waals surface area contributed by atoms with Crippen LogP contribution in [0.1, 0.15) is 55.4 Å². The van der Waals surface area contributed by atoms with Gasteiger partial charge in [-0.3, -0.25) is 0 Å². The summed E-state index contributed by atoms with van der Waals surface area (Å²) >= 11 is 9.05. The molecule has 0 radical (unpaired) electrons. The van der Waals surface area contributed by atoms with Gasteiger partial charge in [-0.05, 0) is 57.8 Å². The predicted octanol–water partition coefficient (Wildman–Crippen LogP) is 6.19. The lowest BCUT2D eigenvalue weighted by atomic mass is 10.3. The zero-order chi connectivity index (χ0) is 15.3. The fourth-order valence-corrected chi connectivity index (χ4v) is 9.91. The van der Waals surface area contributed by atoms with Gasteiger partial charge in [0.05, 0.1) is 12.2 Å². The van der Waals surface area contributed by atoms with E-state index in [9.17, 15) is 0 Å².